The molecule has 2 rings (SSSR count). The molecule has 0 bridgehead atoms. The molecular weight excluding hydrogens is 409 g/mol. The van der Waals surface area contributed by atoms with Crippen LogP contribution < -0.4 is 5.32 Å². The van der Waals surface area contributed by atoms with Crippen LogP contribution in [0, 0.1) is 5.82 Å². The molecule has 0 radical (unpaired) electrons. The van der Waals surface area contributed by atoms with Gasteiger partial charge in [-0.2, -0.15) is 0 Å². The molecule has 1 amide bonds. The van der Waals surface area contributed by atoms with Crippen molar-refractivity contribution in [2.45, 2.75) is 0 Å². The third-order valence-electron chi connectivity index (χ3n) is 2.64. The maximum atomic E-state index is 13.8. The van der Waals surface area contributed by atoms with E-state index in [9.17, 15) is 14.0 Å². The first kappa shape index (κ1) is 15.7. The van der Waals surface area contributed by atoms with Crippen LogP contribution in [0.15, 0.2) is 45.3 Å². The van der Waals surface area contributed by atoms with Crippen molar-refractivity contribution < 1.29 is 19.1 Å². The molecular formula is C14H8Br2FNO3. The Morgan fingerprint density at radius 3 is 2.43 bits per heavy atom. The first-order valence-corrected chi connectivity index (χ1v) is 7.26. The lowest BCUT2D eigenvalue weighted by Gasteiger charge is -2.09. The fourth-order valence-corrected chi connectivity index (χ4v) is 2.40. The number of carboxylic acids is 1. The Morgan fingerprint density at radius 2 is 1.81 bits per heavy atom. The molecule has 0 saturated carbocycles. The van der Waals surface area contributed by atoms with Crippen LogP contribution in [0.25, 0.3) is 0 Å². The largest absolute Gasteiger partial charge is 0.478 e. The van der Waals surface area contributed by atoms with E-state index in [1.165, 1.54) is 12.1 Å². The molecule has 4 nitrogen and oxygen atoms in total. The standard InChI is InChI=1S/C14H8Br2FNO3/c15-8-2-3-10(16)9(6-8)13(19)18-12-4-1-7(14(20)21)5-11(12)17/h1-6H,(H,18,19)(H,20,21). The second kappa shape index (κ2) is 6.36. The molecule has 0 heterocycles. The quantitative estimate of drug-likeness (QED) is 0.783. The highest BCUT2D eigenvalue weighted by Crippen LogP contribution is 2.23. The number of hydrogen-bond donors (Lipinski definition) is 2. The van der Waals surface area contributed by atoms with Gasteiger partial charge >= 0.3 is 5.97 Å². The van der Waals surface area contributed by atoms with Crippen LogP contribution in [0.5, 0.6) is 0 Å². The van der Waals surface area contributed by atoms with Crippen molar-refractivity contribution in [1.29, 1.82) is 0 Å². The van der Waals surface area contributed by atoms with E-state index in [2.05, 4.69) is 37.2 Å². The molecule has 0 aliphatic heterocycles. The van der Waals surface area contributed by atoms with Crippen molar-refractivity contribution in [2.75, 3.05) is 5.32 Å². The summed E-state index contributed by atoms with van der Waals surface area (Å²) in [7, 11) is 0. The van der Waals surface area contributed by atoms with Crippen molar-refractivity contribution >= 4 is 49.4 Å². The summed E-state index contributed by atoms with van der Waals surface area (Å²) in [6, 6.07) is 8.31. The van der Waals surface area contributed by atoms with Crippen LogP contribution >= 0.6 is 31.9 Å². The van der Waals surface area contributed by atoms with E-state index in [4.69, 9.17) is 5.11 Å². The lowest BCUT2D eigenvalue weighted by Crippen LogP contribution is -2.14. The molecule has 21 heavy (non-hydrogen) atoms. The summed E-state index contributed by atoms with van der Waals surface area (Å²) >= 11 is 6.49. The molecule has 2 aromatic rings. The smallest absolute Gasteiger partial charge is 0.335 e. The summed E-state index contributed by atoms with van der Waals surface area (Å²) < 4.78 is 15.0. The highest BCUT2D eigenvalue weighted by atomic mass is 79.9. The van der Waals surface area contributed by atoms with Gasteiger partial charge in [0.2, 0.25) is 0 Å². The minimum atomic E-state index is -1.23. The maximum absolute atomic E-state index is 13.8. The van der Waals surface area contributed by atoms with Crippen LogP contribution in [-0.4, -0.2) is 17.0 Å². The summed E-state index contributed by atoms with van der Waals surface area (Å²) in [5.74, 6) is -2.55. The fraction of sp³-hybridized carbons (Fsp3) is 0. The number of halogens is 3. The van der Waals surface area contributed by atoms with Crippen LogP contribution in [0.4, 0.5) is 10.1 Å². The zero-order chi connectivity index (χ0) is 15.6. The average molecular weight is 417 g/mol. The number of carboxylic acid groups (broad SMARTS) is 1. The third-order valence-corrected chi connectivity index (χ3v) is 3.82. The molecule has 0 fully saturated rings. The van der Waals surface area contributed by atoms with Crippen molar-refractivity contribution in [3.8, 4) is 0 Å². The van der Waals surface area contributed by atoms with E-state index in [1.807, 2.05) is 0 Å². The second-order valence-corrected chi connectivity index (χ2v) is 5.85. The molecule has 0 spiro atoms. The Balaban J connectivity index is 2.27. The summed E-state index contributed by atoms with van der Waals surface area (Å²) in [6.07, 6.45) is 0. The first-order chi connectivity index (χ1) is 9.88. The topological polar surface area (TPSA) is 66.4 Å². The first-order valence-electron chi connectivity index (χ1n) is 5.67. The Bertz CT molecular complexity index is 734. The van der Waals surface area contributed by atoms with Gasteiger partial charge in [0, 0.05) is 8.95 Å². The number of rotatable bonds is 3. The van der Waals surface area contributed by atoms with Crippen molar-refractivity contribution in [1.82, 2.24) is 0 Å². The van der Waals surface area contributed by atoms with Crippen LogP contribution in [-0.2, 0) is 0 Å². The average Bonchev–Trinajstić information content (AvgIpc) is 2.43. The van der Waals surface area contributed by atoms with Crippen LogP contribution in [0.3, 0.4) is 0 Å². The zero-order valence-corrected chi connectivity index (χ0v) is 13.5. The molecule has 0 unspecified atom stereocenters. The van der Waals surface area contributed by atoms with Gasteiger partial charge in [0.1, 0.15) is 5.82 Å². The van der Waals surface area contributed by atoms with E-state index in [0.717, 1.165) is 6.07 Å². The summed E-state index contributed by atoms with van der Waals surface area (Å²) in [5, 5.41) is 11.2. The molecule has 2 N–H and O–H groups in total. The van der Waals surface area contributed by atoms with Gasteiger partial charge in [0.25, 0.3) is 5.91 Å². The lowest BCUT2D eigenvalue weighted by molar-refractivity contribution is 0.0696. The van der Waals surface area contributed by atoms with Gasteiger partial charge in [-0.1, -0.05) is 15.9 Å². The van der Waals surface area contributed by atoms with E-state index in [0.29, 0.717) is 14.5 Å². The number of carbonyl (C=O) groups excluding carboxylic acids is 1. The molecule has 0 aromatic heterocycles. The van der Waals surface area contributed by atoms with E-state index >= 15 is 0 Å². The highest BCUT2D eigenvalue weighted by molar-refractivity contribution is 9.11. The van der Waals surface area contributed by atoms with Gasteiger partial charge in [0.15, 0.2) is 0 Å². The van der Waals surface area contributed by atoms with Gasteiger partial charge in [0.05, 0.1) is 16.8 Å². The second-order valence-electron chi connectivity index (χ2n) is 4.08. The Kier molecular flexibility index (Phi) is 4.74. The maximum Gasteiger partial charge on any atom is 0.335 e. The molecule has 2 aromatic carbocycles. The fourth-order valence-electron chi connectivity index (χ4n) is 1.61. The molecule has 0 saturated heterocycles. The Labute approximate surface area is 136 Å². The summed E-state index contributed by atoms with van der Waals surface area (Å²) in [6.45, 7) is 0. The number of hydrogen-bond acceptors (Lipinski definition) is 2. The molecule has 0 atom stereocenters. The molecule has 108 valence electrons. The van der Waals surface area contributed by atoms with E-state index in [-0.39, 0.29) is 11.3 Å². The number of carbonyl (C=O) groups is 2. The van der Waals surface area contributed by atoms with Crippen molar-refractivity contribution in [2.24, 2.45) is 0 Å². The van der Waals surface area contributed by atoms with Crippen molar-refractivity contribution in [3.63, 3.8) is 0 Å². The highest BCUT2D eigenvalue weighted by Gasteiger charge is 2.14. The van der Waals surface area contributed by atoms with Gasteiger partial charge in [-0.3, -0.25) is 4.79 Å². The summed E-state index contributed by atoms with van der Waals surface area (Å²) in [4.78, 5) is 22.8. The predicted molar refractivity (Wildman–Crippen MR) is 83.2 cm³/mol. The lowest BCUT2D eigenvalue weighted by atomic mass is 10.1. The van der Waals surface area contributed by atoms with Gasteiger partial charge < -0.3 is 10.4 Å². The van der Waals surface area contributed by atoms with Crippen LogP contribution in [0.2, 0.25) is 0 Å². The van der Waals surface area contributed by atoms with Gasteiger partial charge in [-0.15, -0.1) is 0 Å². The SMILES string of the molecule is O=C(O)c1ccc(NC(=O)c2cc(Br)ccc2Br)c(F)c1. The van der Waals surface area contributed by atoms with Crippen LogP contribution in [0.1, 0.15) is 20.7 Å². The number of amides is 1. The number of anilines is 1. The molecule has 0 aliphatic rings. The third kappa shape index (κ3) is 3.68. The minimum absolute atomic E-state index is 0.0862. The normalized spacial score (nSPS) is 10.2. The Hall–Kier alpha value is -1.73. The number of nitrogens with one attached hydrogen (secondary N) is 1. The zero-order valence-electron chi connectivity index (χ0n) is 10.4. The van der Waals surface area contributed by atoms with Gasteiger partial charge in [-0.05, 0) is 52.3 Å². The van der Waals surface area contributed by atoms with Crippen molar-refractivity contribution in [3.05, 3.63) is 62.3 Å². The number of benzene rings is 2. The Morgan fingerprint density at radius 1 is 1.10 bits per heavy atom. The molecule has 0 aliphatic carbocycles. The monoisotopic (exact) mass is 415 g/mol. The molecule has 7 heteroatoms. The minimum Gasteiger partial charge on any atom is -0.478 e. The summed E-state index contributed by atoms with van der Waals surface area (Å²) in [5.41, 5.74) is 0.0529. The van der Waals surface area contributed by atoms with Gasteiger partial charge in [-0.25, -0.2) is 9.18 Å². The number of aromatic carboxylic acids is 1. The van der Waals surface area contributed by atoms with E-state index in [1.54, 1.807) is 18.2 Å². The predicted octanol–water partition coefficient (Wildman–Crippen LogP) is 4.30. The van der Waals surface area contributed by atoms with E-state index < -0.39 is 17.7 Å².